The normalized spacial score (nSPS) is 33.3. The summed E-state index contributed by atoms with van der Waals surface area (Å²) in [5.41, 5.74) is -0.0420. The fraction of sp³-hybridized carbons (Fsp3) is 0.909. The van der Waals surface area contributed by atoms with Crippen LogP contribution in [-0.4, -0.2) is 41.5 Å². The number of carbonyl (C=O) groups excluding carboxylic acids is 1. The van der Waals surface area contributed by atoms with Gasteiger partial charge in [0.1, 0.15) is 5.38 Å². The van der Waals surface area contributed by atoms with Crippen LogP contribution in [0.3, 0.4) is 0 Å². The monoisotopic (exact) mass is 231 g/mol. The van der Waals surface area contributed by atoms with Gasteiger partial charge in [0, 0.05) is 19.7 Å². The van der Waals surface area contributed by atoms with Gasteiger partial charge in [0.05, 0.1) is 5.60 Å². The molecule has 1 spiro atoms. The Labute approximate surface area is 95.7 Å². The van der Waals surface area contributed by atoms with Gasteiger partial charge in [-0.25, -0.2) is 0 Å². The average molecular weight is 232 g/mol. The molecule has 0 aromatic heterocycles. The van der Waals surface area contributed by atoms with E-state index in [1.807, 2.05) is 4.90 Å². The number of hydrogen-bond donors (Lipinski definition) is 0. The number of rotatable bonds is 1. The maximum atomic E-state index is 11.7. The Hall–Kier alpha value is -0.280. The fourth-order valence-corrected chi connectivity index (χ4v) is 2.65. The number of carbonyl (C=O) groups is 1. The predicted octanol–water partition coefficient (Wildman–Crippen LogP) is 1.79. The minimum atomic E-state index is -0.413. The highest BCUT2D eigenvalue weighted by Crippen LogP contribution is 2.34. The van der Waals surface area contributed by atoms with Crippen molar-refractivity contribution in [1.82, 2.24) is 4.90 Å². The van der Waals surface area contributed by atoms with Gasteiger partial charge in [0.25, 0.3) is 0 Å². The van der Waals surface area contributed by atoms with Crippen molar-refractivity contribution >= 4 is 17.5 Å². The van der Waals surface area contributed by atoms with Crippen LogP contribution in [0.2, 0.25) is 0 Å². The highest BCUT2D eigenvalue weighted by Gasteiger charge is 2.42. The molecule has 2 saturated heterocycles. The van der Waals surface area contributed by atoms with Gasteiger partial charge < -0.3 is 9.64 Å². The molecule has 2 heterocycles. The topological polar surface area (TPSA) is 29.5 Å². The molecular formula is C11H18ClNO2. The van der Waals surface area contributed by atoms with Crippen molar-refractivity contribution < 1.29 is 9.53 Å². The molecule has 4 heteroatoms. The molecule has 2 fully saturated rings. The molecule has 1 amide bonds. The first kappa shape index (κ1) is 11.2. The van der Waals surface area contributed by atoms with E-state index in [9.17, 15) is 4.79 Å². The zero-order valence-electron chi connectivity index (χ0n) is 9.17. The highest BCUT2D eigenvalue weighted by molar-refractivity contribution is 6.30. The summed E-state index contributed by atoms with van der Waals surface area (Å²) in [6.45, 7) is 4.12. The lowest BCUT2D eigenvalue weighted by molar-refractivity contribution is -0.132. The second kappa shape index (κ2) is 4.30. The van der Waals surface area contributed by atoms with Crippen molar-refractivity contribution in [3.63, 3.8) is 0 Å². The summed E-state index contributed by atoms with van der Waals surface area (Å²) >= 11 is 5.80. The smallest absolute Gasteiger partial charge is 0.240 e. The zero-order valence-corrected chi connectivity index (χ0v) is 9.92. The molecule has 2 atom stereocenters. The van der Waals surface area contributed by atoms with Crippen LogP contribution in [0.25, 0.3) is 0 Å². The molecule has 2 aliphatic rings. The van der Waals surface area contributed by atoms with Gasteiger partial charge in [0.15, 0.2) is 0 Å². The van der Waals surface area contributed by atoms with Gasteiger partial charge in [0.2, 0.25) is 5.91 Å². The molecule has 0 aliphatic carbocycles. The maximum absolute atomic E-state index is 11.7. The van der Waals surface area contributed by atoms with Crippen molar-refractivity contribution in [2.75, 3.05) is 19.7 Å². The quantitative estimate of drug-likeness (QED) is 0.644. The molecule has 0 aromatic carbocycles. The Bertz CT molecular complexity index is 249. The first-order valence-corrected chi connectivity index (χ1v) is 6.13. The molecule has 0 radical (unpaired) electrons. The fourth-order valence-electron chi connectivity index (χ4n) is 2.52. The third-order valence-electron chi connectivity index (χ3n) is 3.40. The molecule has 3 nitrogen and oxygen atoms in total. The molecule has 0 unspecified atom stereocenters. The van der Waals surface area contributed by atoms with E-state index in [-0.39, 0.29) is 11.5 Å². The summed E-state index contributed by atoms with van der Waals surface area (Å²) in [4.78, 5) is 13.6. The third kappa shape index (κ3) is 2.28. The average Bonchev–Trinajstić information content (AvgIpc) is 2.62. The lowest BCUT2D eigenvalue weighted by Gasteiger charge is -2.33. The lowest BCUT2D eigenvalue weighted by Crippen LogP contribution is -2.42. The molecule has 15 heavy (non-hydrogen) atoms. The van der Waals surface area contributed by atoms with E-state index in [1.165, 1.54) is 6.42 Å². The second-order valence-electron chi connectivity index (χ2n) is 4.61. The predicted molar refractivity (Wildman–Crippen MR) is 59.0 cm³/mol. The van der Waals surface area contributed by atoms with Crippen LogP contribution < -0.4 is 0 Å². The zero-order chi connectivity index (χ0) is 10.9. The summed E-state index contributed by atoms with van der Waals surface area (Å²) in [7, 11) is 0. The van der Waals surface area contributed by atoms with Gasteiger partial charge in [-0.3, -0.25) is 4.79 Å². The SMILES string of the molecule is C[C@H](Cl)C(=O)N1CC[C@]2(CCCCO2)C1. The van der Waals surface area contributed by atoms with E-state index in [0.717, 1.165) is 39.0 Å². The molecule has 86 valence electrons. The molecule has 2 aliphatic heterocycles. The Balaban J connectivity index is 1.96. The standard InChI is InChI=1S/C11H18ClNO2/c1-9(12)10(14)13-6-5-11(8-13)4-2-3-7-15-11/h9H,2-8H2,1H3/t9-,11+/m0/s1. The number of hydrogen-bond acceptors (Lipinski definition) is 2. The Morgan fingerprint density at radius 3 is 2.87 bits per heavy atom. The summed E-state index contributed by atoms with van der Waals surface area (Å²) in [5.74, 6) is 0.0442. The molecule has 0 saturated carbocycles. The summed E-state index contributed by atoms with van der Waals surface area (Å²) < 4.78 is 5.85. The number of likely N-dealkylation sites (tertiary alicyclic amines) is 1. The third-order valence-corrected chi connectivity index (χ3v) is 3.59. The van der Waals surface area contributed by atoms with Crippen molar-refractivity contribution in [3.8, 4) is 0 Å². The number of alkyl halides is 1. The maximum Gasteiger partial charge on any atom is 0.240 e. The van der Waals surface area contributed by atoms with E-state index < -0.39 is 5.38 Å². The van der Waals surface area contributed by atoms with Crippen LogP contribution in [-0.2, 0) is 9.53 Å². The van der Waals surface area contributed by atoms with Gasteiger partial charge in [-0.2, -0.15) is 0 Å². The Kier molecular flexibility index (Phi) is 3.21. The first-order chi connectivity index (χ1) is 7.13. The van der Waals surface area contributed by atoms with E-state index >= 15 is 0 Å². The van der Waals surface area contributed by atoms with Gasteiger partial charge >= 0.3 is 0 Å². The summed E-state index contributed by atoms with van der Waals surface area (Å²) in [5, 5.41) is -0.413. The second-order valence-corrected chi connectivity index (χ2v) is 5.27. The van der Waals surface area contributed by atoms with Crippen LogP contribution in [0.4, 0.5) is 0 Å². The van der Waals surface area contributed by atoms with E-state index in [1.54, 1.807) is 6.92 Å². The van der Waals surface area contributed by atoms with E-state index in [0.29, 0.717) is 0 Å². The van der Waals surface area contributed by atoms with Gasteiger partial charge in [-0.1, -0.05) is 0 Å². The summed E-state index contributed by atoms with van der Waals surface area (Å²) in [6, 6.07) is 0. The van der Waals surface area contributed by atoms with Crippen LogP contribution in [0, 0.1) is 0 Å². The van der Waals surface area contributed by atoms with Crippen molar-refractivity contribution in [2.24, 2.45) is 0 Å². The van der Waals surface area contributed by atoms with Crippen molar-refractivity contribution in [1.29, 1.82) is 0 Å². The lowest BCUT2D eigenvalue weighted by atomic mass is 9.93. The minimum Gasteiger partial charge on any atom is -0.373 e. The first-order valence-electron chi connectivity index (χ1n) is 5.70. The number of amides is 1. The van der Waals surface area contributed by atoms with Crippen molar-refractivity contribution in [3.05, 3.63) is 0 Å². The number of nitrogens with zero attached hydrogens (tertiary/aromatic N) is 1. The Morgan fingerprint density at radius 2 is 2.27 bits per heavy atom. The minimum absolute atomic E-state index is 0.0420. The molecule has 0 N–H and O–H groups in total. The molecule has 0 aromatic rings. The molecular weight excluding hydrogens is 214 g/mol. The van der Waals surface area contributed by atoms with Crippen molar-refractivity contribution in [2.45, 2.75) is 43.6 Å². The van der Waals surface area contributed by atoms with Crippen LogP contribution in [0.1, 0.15) is 32.6 Å². The number of halogens is 1. The molecule has 2 rings (SSSR count). The Morgan fingerprint density at radius 1 is 1.47 bits per heavy atom. The van der Waals surface area contributed by atoms with Crippen LogP contribution in [0.15, 0.2) is 0 Å². The highest BCUT2D eigenvalue weighted by atomic mass is 35.5. The molecule has 0 bridgehead atoms. The van der Waals surface area contributed by atoms with E-state index in [4.69, 9.17) is 16.3 Å². The van der Waals surface area contributed by atoms with Crippen LogP contribution >= 0.6 is 11.6 Å². The van der Waals surface area contributed by atoms with Gasteiger partial charge in [-0.15, -0.1) is 11.6 Å². The summed E-state index contributed by atoms with van der Waals surface area (Å²) in [6.07, 6.45) is 4.44. The van der Waals surface area contributed by atoms with Gasteiger partial charge in [-0.05, 0) is 32.6 Å². The van der Waals surface area contributed by atoms with E-state index in [2.05, 4.69) is 0 Å². The largest absolute Gasteiger partial charge is 0.373 e. The van der Waals surface area contributed by atoms with Crippen LogP contribution in [0.5, 0.6) is 0 Å². The number of ether oxygens (including phenoxy) is 1.